The summed E-state index contributed by atoms with van der Waals surface area (Å²) in [6.45, 7) is 4.21. The van der Waals surface area contributed by atoms with Crippen LogP contribution in [0.1, 0.15) is 109 Å². The average Bonchev–Trinajstić information content (AvgIpc) is 3.72. The number of amides is 2. The highest BCUT2D eigenvalue weighted by atomic mass is 35.5. The molecule has 280 valence electrons. The van der Waals surface area contributed by atoms with Gasteiger partial charge in [0.1, 0.15) is 0 Å². The van der Waals surface area contributed by atoms with Gasteiger partial charge in [-0.15, -0.1) is 0 Å². The number of aromatic nitrogens is 6. The third-order valence-corrected chi connectivity index (χ3v) is 11.4. The number of nitrogens with zero attached hydrogens (tertiary/aromatic N) is 6. The van der Waals surface area contributed by atoms with E-state index in [9.17, 15) is 9.59 Å². The van der Waals surface area contributed by atoms with Crippen LogP contribution in [0.4, 0.5) is 11.4 Å². The second-order valence-electron chi connectivity index (χ2n) is 13.7. The zero-order valence-electron chi connectivity index (χ0n) is 30.0. The van der Waals surface area contributed by atoms with Crippen LogP contribution in [0.3, 0.4) is 0 Å². The molecule has 54 heavy (non-hydrogen) atoms. The van der Waals surface area contributed by atoms with Crippen molar-refractivity contribution in [3.05, 3.63) is 104 Å². The molecule has 2 N–H and O–H groups in total. The number of aryl methyl sites for hydroxylation is 2. The van der Waals surface area contributed by atoms with Gasteiger partial charge in [-0.2, -0.15) is 10.2 Å². The number of rotatable bonds is 8. The smallest absolute Gasteiger partial charge is 0.255 e. The molecule has 10 nitrogen and oxygen atoms in total. The van der Waals surface area contributed by atoms with Crippen LogP contribution in [-0.2, 0) is 12.8 Å². The van der Waals surface area contributed by atoms with Crippen molar-refractivity contribution in [1.29, 1.82) is 0 Å². The molecule has 4 aromatic heterocycles. The molecule has 2 aliphatic rings. The Hall–Kier alpha value is -4.22. The molecule has 0 atom stereocenters. The van der Waals surface area contributed by atoms with Crippen LogP contribution in [0.5, 0.6) is 0 Å². The van der Waals surface area contributed by atoms with Crippen LogP contribution in [0, 0.1) is 0 Å². The van der Waals surface area contributed by atoms with E-state index in [2.05, 4.69) is 43.8 Å². The highest BCUT2D eigenvalue weighted by Gasteiger charge is 2.25. The fourth-order valence-corrected chi connectivity index (χ4v) is 8.08. The summed E-state index contributed by atoms with van der Waals surface area (Å²) in [7, 11) is 0. The van der Waals surface area contributed by atoms with E-state index in [0.717, 1.165) is 71.7 Å². The van der Waals surface area contributed by atoms with Crippen LogP contribution in [0.2, 0.25) is 20.1 Å². The lowest BCUT2D eigenvalue weighted by Gasteiger charge is -2.26. The van der Waals surface area contributed by atoms with Gasteiger partial charge in [0.2, 0.25) is 0 Å². The molecule has 2 amide bonds. The van der Waals surface area contributed by atoms with E-state index in [1.165, 1.54) is 50.5 Å². The molecule has 0 aliphatic heterocycles. The number of anilines is 2. The average molecular weight is 807 g/mol. The highest BCUT2D eigenvalue weighted by molar-refractivity contribution is 6.40. The number of benzene rings is 2. The van der Waals surface area contributed by atoms with Gasteiger partial charge in [0.15, 0.2) is 0 Å². The van der Waals surface area contributed by atoms with Crippen molar-refractivity contribution in [3.63, 3.8) is 0 Å². The van der Waals surface area contributed by atoms with Gasteiger partial charge in [-0.05, 0) is 69.2 Å². The van der Waals surface area contributed by atoms with Gasteiger partial charge in [0, 0.05) is 46.7 Å². The zero-order chi connectivity index (χ0) is 37.9. The van der Waals surface area contributed by atoms with Gasteiger partial charge >= 0.3 is 0 Å². The van der Waals surface area contributed by atoms with Crippen molar-refractivity contribution in [2.24, 2.45) is 0 Å². The SMILES string of the molecule is CCc1nn(C2CCC2)c2cc(C(=O)Nc3c(Cl)cncc3Cl)ccc12.CCc1nn(C2CCCCC2)c2cc(C(=O)Nc3c(Cl)cncc3Cl)ccc12. The largest absolute Gasteiger partial charge is 0.319 e. The molecule has 0 bridgehead atoms. The Kier molecular flexibility index (Phi) is 11.7. The number of halogens is 4. The molecule has 2 saturated carbocycles. The predicted octanol–water partition coefficient (Wildman–Crippen LogP) is 11.3. The van der Waals surface area contributed by atoms with E-state index in [1.54, 1.807) is 0 Å². The minimum absolute atomic E-state index is 0.258. The lowest BCUT2D eigenvalue weighted by Crippen LogP contribution is -2.18. The second-order valence-corrected chi connectivity index (χ2v) is 15.3. The van der Waals surface area contributed by atoms with E-state index >= 15 is 0 Å². The van der Waals surface area contributed by atoms with Crippen LogP contribution >= 0.6 is 46.4 Å². The monoisotopic (exact) mass is 804 g/mol. The van der Waals surface area contributed by atoms with Crippen molar-refractivity contribution < 1.29 is 9.59 Å². The molecule has 0 saturated heterocycles. The highest BCUT2D eigenvalue weighted by Crippen LogP contribution is 2.36. The number of carbonyl (C=O) groups excluding carboxylic acids is 2. The molecule has 4 heterocycles. The summed E-state index contributed by atoms with van der Waals surface area (Å²) in [4.78, 5) is 33.4. The summed E-state index contributed by atoms with van der Waals surface area (Å²) < 4.78 is 4.22. The normalized spacial score (nSPS) is 14.8. The van der Waals surface area contributed by atoms with Gasteiger partial charge in [0.05, 0.1) is 66.0 Å². The number of pyridine rings is 2. The van der Waals surface area contributed by atoms with Crippen LogP contribution in [0.25, 0.3) is 21.8 Å². The molecular weight excluding hydrogens is 766 g/mol. The summed E-state index contributed by atoms with van der Waals surface area (Å²) in [6, 6.07) is 12.3. The first-order chi connectivity index (χ1) is 26.2. The summed E-state index contributed by atoms with van der Waals surface area (Å²) in [5.74, 6) is -0.521. The molecule has 14 heteroatoms. The lowest BCUT2D eigenvalue weighted by atomic mass is 9.93. The molecule has 2 aromatic carbocycles. The van der Waals surface area contributed by atoms with Crippen molar-refractivity contribution in [3.8, 4) is 0 Å². The molecule has 0 radical (unpaired) electrons. The van der Waals surface area contributed by atoms with Crippen LogP contribution in [0.15, 0.2) is 61.2 Å². The van der Waals surface area contributed by atoms with Gasteiger partial charge in [0.25, 0.3) is 11.8 Å². The third kappa shape index (κ3) is 7.80. The van der Waals surface area contributed by atoms with Gasteiger partial charge < -0.3 is 10.6 Å². The third-order valence-electron chi connectivity index (χ3n) is 10.3. The van der Waals surface area contributed by atoms with Crippen molar-refractivity contribution in [2.75, 3.05) is 10.6 Å². The predicted molar refractivity (Wildman–Crippen MR) is 218 cm³/mol. The molecular formula is C40H40Cl4N8O2. The fourth-order valence-electron chi connectivity index (χ4n) is 7.16. The molecule has 0 spiro atoms. The maximum Gasteiger partial charge on any atom is 0.255 e. The van der Waals surface area contributed by atoms with Crippen LogP contribution in [-0.4, -0.2) is 41.3 Å². The fraction of sp³-hybridized carbons (Fsp3) is 0.350. The topological polar surface area (TPSA) is 120 Å². The van der Waals surface area contributed by atoms with Crippen molar-refractivity contribution in [2.45, 2.75) is 90.1 Å². The maximum absolute atomic E-state index is 12.8. The van der Waals surface area contributed by atoms with Gasteiger partial charge in [-0.1, -0.05) is 91.6 Å². The lowest BCUT2D eigenvalue weighted by molar-refractivity contribution is 0.101. The minimum atomic E-state index is -0.263. The maximum atomic E-state index is 12.8. The number of nitrogens with one attached hydrogen (secondary N) is 2. The van der Waals surface area contributed by atoms with E-state index in [4.69, 9.17) is 56.6 Å². The Labute approximate surface area is 333 Å². The quantitative estimate of drug-likeness (QED) is 0.158. The Morgan fingerprint density at radius 3 is 1.35 bits per heavy atom. The first kappa shape index (κ1) is 38.1. The van der Waals surface area contributed by atoms with Crippen molar-refractivity contribution >= 4 is 91.4 Å². The molecule has 6 aromatic rings. The molecule has 0 unspecified atom stereocenters. The van der Waals surface area contributed by atoms with Gasteiger partial charge in [-0.25, -0.2) is 0 Å². The number of carbonyl (C=O) groups is 2. The molecule has 2 aliphatic carbocycles. The summed E-state index contributed by atoms with van der Waals surface area (Å²) >= 11 is 24.4. The van der Waals surface area contributed by atoms with Gasteiger partial charge in [-0.3, -0.25) is 28.9 Å². The van der Waals surface area contributed by atoms with E-state index < -0.39 is 0 Å². The molecule has 8 rings (SSSR count). The van der Waals surface area contributed by atoms with E-state index in [-0.39, 0.29) is 11.8 Å². The standard InChI is InChI=1S/C21H22Cl2N4O.C19H18Cl2N4O/c1-2-18-15-9-8-13(21(28)25-20-16(22)11-24-12-17(20)23)10-19(15)27(26-18)14-6-4-3-5-7-14;1-2-16-13-7-6-11(8-17(13)25(24-16)12-4-3-5-12)19(26)23-18-14(20)9-22-10-15(18)21/h8-12,14H,2-7H2,1H3,(H,24,25,28);6-10,12H,2-5H2,1H3,(H,22,23,26). The van der Waals surface area contributed by atoms with Crippen LogP contribution < -0.4 is 10.6 Å². The van der Waals surface area contributed by atoms with E-state index in [1.807, 2.05) is 36.4 Å². The second kappa shape index (κ2) is 16.7. The first-order valence-corrected chi connectivity index (χ1v) is 19.9. The first-order valence-electron chi connectivity index (χ1n) is 18.4. The Morgan fingerprint density at radius 1 is 0.611 bits per heavy atom. The Bertz CT molecular complexity index is 2310. The summed E-state index contributed by atoms with van der Waals surface area (Å²) in [5.41, 5.74) is 6.01. The number of hydrogen-bond donors (Lipinski definition) is 2. The molecule has 2 fully saturated rings. The zero-order valence-corrected chi connectivity index (χ0v) is 33.0. The summed E-state index contributed by atoms with van der Waals surface area (Å²) in [5, 5.41) is 18.7. The van der Waals surface area contributed by atoms with Crippen molar-refractivity contribution in [1.82, 2.24) is 29.5 Å². The minimum Gasteiger partial charge on any atom is -0.319 e. The number of fused-ring (bicyclic) bond motifs is 2. The Balaban J connectivity index is 0.000000167. The number of hydrogen-bond acceptors (Lipinski definition) is 6. The Morgan fingerprint density at radius 2 is 1.00 bits per heavy atom. The van der Waals surface area contributed by atoms with E-state index in [0.29, 0.717) is 54.7 Å². The summed E-state index contributed by atoms with van der Waals surface area (Å²) in [6.07, 6.45) is 17.1.